The second-order valence-electron chi connectivity index (χ2n) is 6.21. The Morgan fingerprint density at radius 2 is 1.71 bits per heavy atom. The second-order valence-corrected chi connectivity index (χ2v) is 6.21. The molecule has 112 valence electrons. The maximum absolute atomic E-state index is 12.5. The smallest absolute Gasteiger partial charge is 0.252 e. The fourth-order valence-electron chi connectivity index (χ4n) is 2.95. The third kappa shape index (κ3) is 3.85. The lowest BCUT2D eigenvalue weighted by atomic mass is 9.85. The lowest BCUT2D eigenvalue weighted by Crippen LogP contribution is -2.47. The first-order chi connectivity index (χ1) is 10.1. The highest BCUT2D eigenvalue weighted by Gasteiger charge is 2.32. The van der Waals surface area contributed by atoms with Crippen LogP contribution in [0, 0.1) is 25.2 Å². The number of amides is 1. The van der Waals surface area contributed by atoms with Crippen LogP contribution < -0.4 is 5.32 Å². The van der Waals surface area contributed by atoms with E-state index >= 15 is 0 Å². The average molecular weight is 284 g/mol. The summed E-state index contributed by atoms with van der Waals surface area (Å²) < 4.78 is 0. The van der Waals surface area contributed by atoms with Crippen LogP contribution in [0.1, 0.15) is 66.4 Å². The number of nitrogens with one attached hydrogen (secondary N) is 1. The first kappa shape index (κ1) is 15.6. The number of aryl methyl sites for hydroxylation is 2. The van der Waals surface area contributed by atoms with Gasteiger partial charge in [0, 0.05) is 5.56 Å². The lowest BCUT2D eigenvalue weighted by Gasteiger charge is -2.29. The predicted octanol–water partition coefficient (Wildman–Crippen LogP) is 4.04. The average Bonchev–Trinajstić information content (AvgIpc) is 2.45. The van der Waals surface area contributed by atoms with E-state index in [2.05, 4.69) is 11.4 Å². The maximum atomic E-state index is 12.5. The van der Waals surface area contributed by atoms with Gasteiger partial charge in [-0.2, -0.15) is 5.26 Å². The van der Waals surface area contributed by atoms with E-state index in [1.54, 1.807) is 0 Å². The van der Waals surface area contributed by atoms with Gasteiger partial charge in [0.2, 0.25) is 0 Å². The number of rotatable bonds is 2. The van der Waals surface area contributed by atoms with Crippen molar-refractivity contribution in [3.63, 3.8) is 0 Å². The molecule has 3 heteroatoms. The molecule has 0 unspecified atom stereocenters. The topological polar surface area (TPSA) is 52.9 Å². The zero-order valence-electron chi connectivity index (χ0n) is 13.0. The Bertz CT molecular complexity index is 549. The molecule has 1 aromatic rings. The van der Waals surface area contributed by atoms with Crippen molar-refractivity contribution in [3.8, 4) is 6.07 Å². The molecule has 0 spiro atoms. The van der Waals surface area contributed by atoms with Crippen molar-refractivity contribution in [2.24, 2.45) is 0 Å². The molecule has 1 aromatic carbocycles. The standard InChI is InChI=1S/C18H24N2O/c1-14-8-9-16(12-15(14)2)17(21)20-18(13-19)10-6-4-3-5-7-11-18/h8-9,12H,3-7,10-11H2,1-2H3,(H,20,21). The Morgan fingerprint density at radius 3 is 2.29 bits per heavy atom. The summed E-state index contributed by atoms with van der Waals surface area (Å²) >= 11 is 0. The quantitative estimate of drug-likeness (QED) is 0.891. The Balaban J connectivity index is 2.14. The minimum Gasteiger partial charge on any atom is -0.334 e. The summed E-state index contributed by atoms with van der Waals surface area (Å²) in [6, 6.07) is 8.08. The van der Waals surface area contributed by atoms with Crippen molar-refractivity contribution in [1.29, 1.82) is 5.26 Å². The molecule has 3 nitrogen and oxygen atoms in total. The molecule has 1 saturated carbocycles. The van der Waals surface area contributed by atoms with Gasteiger partial charge in [-0.05, 0) is 49.9 Å². The summed E-state index contributed by atoms with van der Waals surface area (Å²) in [6.45, 7) is 4.03. The SMILES string of the molecule is Cc1ccc(C(=O)NC2(C#N)CCCCCCC2)cc1C. The van der Waals surface area contributed by atoms with Gasteiger partial charge in [-0.1, -0.05) is 38.2 Å². The Morgan fingerprint density at radius 1 is 1.10 bits per heavy atom. The lowest BCUT2D eigenvalue weighted by molar-refractivity contribution is 0.0907. The molecule has 0 radical (unpaired) electrons. The zero-order chi connectivity index (χ0) is 15.3. The number of benzene rings is 1. The molecule has 1 N–H and O–H groups in total. The molecule has 0 bridgehead atoms. The van der Waals surface area contributed by atoms with Crippen LogP contribution in [0.2, 0.25) is 0 Å². The van der Waals surface area contributed by atoms with Crippen LogP contribution in [-0.2, 0) is 0 Å². The summed E-state index contributed by atoms with van der Waals surface area (Å²) in [5.41, 5.74) is 2.24. The van der Waals surface area contributed by atoms with Crippen molar-refractivity contribution < 1.29 is 4.79 Å². The van der Waals surface area contributed by atoms with Crippen molar-refractivity contribution >= 4 is 5.91 Å². The van der Waals surface area contributed by atoms with Gasteiger partial charge in [-0.25, -0.2) is 0 Å². The van der Waals surface area contributed by atoms with Crippen molar-refractivity contribution in [2.75, 3.05) is 0 Å². The molecule has 0 heterocycles. The number of carbonyl (C=O) groups excluding carboxylic acids is 1. The normalized spacial score (nSPS) is 18.1. The Labute approximate surface area is 127 Å². The summed E-state index contributed by atoms with van der Waals surface area (Å²) in [4.78, 5) is 12.5. The van der Waals surface area contributed by atoms with Gasteiger partial charge in [-0.3, -0.25) is 4.79 Å². The van der Waals surface area contributed by atoms with E-state index in [0.717, 1.165) is 44.1 Å². The van der Waals surface area contributed by atoms with Crippen LogP contribution in [0.4, 0.5) is 0 Å². The molecule has 0 aromatic heterocycles. The first-order valence-electron chi connectivity index (χ1n) is 7.87. The molecule has 1 fully saturated rings. The van der Waals surface area contributed by atoms with E-state index < -0.39 is 5.54 Å². The minimum atomic E-state index is -0.684. The van der Waals surface area contributed by atoms with E-state index in [4.69, 9.17) is 0 Å². The van der Waals surface area contributed by atoms with Gasteiger partial charge in [-0.15, -0.1) is 0 Å². The summed E-state index contributed by atoms with van der Waals surface area (Å²) in [7, 11) is 0. The van der Waals surface area contributed by atoms with Gasteiger partial charge >= 0.3 is 0 Å². The van der Waals surface area contributed by atoms with Crippen molar-refractivity contribution in [2.45, 2.75) is 64.3 Å². The van der Waals surface area contributed by atoms with E-state index in [0.29, 0.717) is 5.56 Å². The molecule has 0 saturated heterocycles. The number of nitrogens with zero attached hydrogens (tertiary/aromatic N) is 1. The highest BCUT2D eigenvalue weighted by atomic mass is 16.1. The van der Waals surface area contributed by atoms with Gasteiger partial charge in [0.05, 0.1) is 6.07 Å². The van der Waals surface area contributed by atoms with Crippen LogP contribution in [-0.4, -0.2) is 11.4 Å². The van der Waals surface area contributed by atoms with Crippen molar-refractivity contribution in [3.05, 3.63) is 34.9 Å². The van der Waals surface area contributed by atoms with Crippen LogP contribution in [0.25, 0.3) is 0 Å². The molecular formula is C18H24N2O. The number of nitriles is 1. The van der Waals surface area contributed by atoms with Gasteiger partial charge in [0.25, 0.3) is 5.91 Å². The summed E-state index contributed by atoms with van der Waals surface area (Å²) in [5, 5.41) is 12.6. The van der Waals surface area contributed by atoms with Gasteiger partial charge in [0.1, 0.15) is 5.54 Å². The highest BCUT2D eigenvalue weighted by molar-refractivity contribution is 5.95. The molecule has 0 atom stereocenters. The molecule has 2 rings (SSSR count). The molecular weight excluding hydrogens is 260 g/mol. The zero-order valence-corrected chi connectivity index (χ0v) is 13.0. The van der Waals surface area contributed by atoms with E-state index in [1.807, 2.05) is 32.0 Å². The van der Waals surface area contributed by atoms with E-state index in [1.165, 1.54) is 12.0 Å². The third-order valence-corrected chi connectivity index (χ3v) is 4.54. The van der Waals surface area contributed by atoms with Crippen LogP contribution >= 0.6 is 0 Å². The molecule has 0 aliphatic heterocycles. The maximum Gasteiger partial charge on any atom is 0.252 e. The van der Waals surface area contributed by atoms with Crippen molar-refractivity contribution in [1.82, 2.24) is 5.32 Å². The summed E-state index contributed by atoms with van der Waals surface area (Å²) in [5.74, 6) is -0.125. The predicted molar refractivity (Wildman–Crippen MR) is 84.0 cm³/mol. The molecule has 1 amide bonds. The largest absolute Gasteiger partial charge is 0.334 e. The molecule has 1 aliphatic carbocycles. The molecule has 1 aliphatic rings. The highest BCUT2D eigenvalue weighted by Crippen LogP contribution is 2.26. The van der Waals surface area contributed by atoms with E-state index in [-0.39, 0.29) is 5.91 Å². The fourth-order valence-corrected chi connectivity index (χ4v) is 2.95. The number of carbonyl (C=O) groups is 1. The number of hydrogen-bond acceptors (Lipinski definition) is 2. The van der Waals surface area contributed by atoms with Crippen LogP contribution in [0.15, 0.2) is 18.2 Å². The van der Waals surface area contributed by atoms with E-state index in [9.17, 15) is 10.1 Å². The monoisotopic (exact) mass is 284 g/mol. The third-order valence-electron chi connectivity index (χ3n) is 4.54. The summed E-state index contributed by atoms with van der Waals surface area (Å²) in [6.07, 6.45) is 7.11. The Hall–Kier alpha value is -1.82. The first-order valence-corrected chi connectivity index (χ1v) is 7.87. The van der Waals surface area contributed by atoms with Crippen LogP contribution in [0.5, 0.6) is 0 Å². The molecule has 21 heavy (non-hydrogen) atoms. The minimum absolute atomic E-state index is 0.125. The second kappa shape index (κ2) is 6.76. The van der Waals surface area contributed by atoms with Gasteiger partial charge < -0.3 is 5.32 Å². The van der Waals surface area contributed by atoms with Crippen LogP contribution in [0.3, 0.4) is 0 Å². The van der Waals surface area contributed by atoms with Gasteiger partial charge in [0.15, 0.2) is 0 Å². The Kier molecular flexibility index (Phi) is 5.01. The number of hydrogen-bond donors (Lipinski definition) is 1. The fraction of sp³-hybridized carbons (Fsp3) is 0.556.